The lowest BCUT2D eigenvalue weighted by Gasteiger charge is -2.42. The van der Waals surface area contributed by atoms with Crippen molar-refractivity contribution in [1.82, 2.24) is 14.7 Å². The van der Waals surface area contributed by atoms with Gasteiger partial charge in [0.25, 0.3) is 11.8 Å². The first kappa shape index (κ1) is 18.0. The number of likely N-dealkylation sites (tertiary alicyclic amines) is 1. The van der Waals surface area contributed by atoms with Gasteiger partial charge in [-0.1, -0.05) is 30.3 Å². The number of piperidine rings is 1. The van der Waals surface area contributed by atoms with Gasteiger partial charge in [-0.3, -0.25) is 14.5 Å². The van der Waals surface area contributed by atoms with Crippen LogP contribution in [0.25, 0.3) is 0 Å². The van der Waals surface area contributed by atoms with Gasteiger partial charge in [0.2, 0.25) is 0 Å². The van der Waals surface area contributed by atoms with E-state index in [0.29, 0.717) is 39.1 Å². The van der Waals surface area contributed by atoms with Gasteiger partial charge in [0, 0.05) is 33.3 Å². The van der Waals surface area contributed by atoms with E-state index in [1.165, 1.54) is 4.90 Å². The third kappa shape index (κ3) is 3.00. The number of amides is 4. The highest BCUT2D eigenvalue weighted by Gasteiger charge is 2.57. The molecule has 3 fully saturated rings. The van der Waals surface area contributed by atoms with Crippen molar-refractivity contribution in [3.8, 4) is 0 Å². The Balaban J connectivity index is 1.52. The van der Waals surface area contributed by atoms with E-state index >= 15 is 0 Å². The summed E-state index contributed by atoms with van der Waals surface area (Å²) in [6.45, 7) is 1.97. The van der Waals surface area contributed by atoms with E-state index in [-0.39, 0.29) is 23.9 Å². The number of carbonyl (C=O) groups excluding carboxylic acids is 3. The van der Waals surface area contributed by atoms with E-state index in [4.69, 9.17) is 4.74 Å². The fourth-order valence-corrected chi connectivity index (χ4v) is 4.42. The van der Waals surface area contributed by atoms with Gasteiger partial charge in [-0.2, -0.15) is 0 Å². The molecule has 0 radical (unpaired) electrons. The highest BCUT2D eigenvalue weighted by atomic mass is 16.5. The van der Waals surface area contributed by atoms with Crippen molar-refractivity contribution in [3.63, 3.8) is 0 Å². The molecular formula is C20H25N3O4. The molecule has 3 saturated heterocycles. The van der Waals surface area contributed by atoms with E-state index in [1.807, 2.05) is 30.3 Å². The number of imide groups is 1. The second-order valence-corrected chi connectivity index (χ2v) is 7.58. The second-order valence-electron chi connectivity index (χ2n) is 7.58. The zero-order chi connectivity index (χ0) is 19.0. The van der Waals surface area contributed by atoms with Gasteiger partial charge in [0.15, 0.2) is 0 Å². The Morgan fingerprint density at radius 1 is 1.19 bits per heavy atom. The maximum atomic E-state index is 13.0. The molecule has 0 saturated carbocycles. The maximum Gasteiger partial charge on any atom is 0.327 e. The molecule has 144 valence electrons. The summed E-state index contributed by atoms with van der Waals surface area (Å²) in [6, 6.07) is 9.44. The normalized spacial score (nSPS) is 24.9. The monoisotopic (exact) mass is 371 g/mol. The molecule has 1 atom stereocenters. The Bertz CT molecular complexity index is 737. The Kier molecular flexibility index (Phi) is 4.63. The zero-order valence-corrected chi connectivity index (χ0v) is 15.6. The predicted octanol–water partition coefficient (Wildman–Crippen LogP) is 1.62. The molecule has 7 nitrogen and oxygen atoms in total. The first-order chi connectivity index (χ1) is 13.0. The number of hydrogen-bond donors (Lipinski definition) is 0. The lowest BCUT2D eigenvalue weighted by molar-refractivity contribution is -0.146. The van der Waals surface area contributed by atoms with Crippen LogP contribution in [-0.4, -0.2) is 70.9 Å². The van der Waals surface area contributed by atoms with E-state index in [9.17, 15) is 14.4 Å². The molecule has 3 heterocycles. The van der Waals surface area contributed by atoms with Crippen LogP contribution < -0.4 is 0 Å². The fourth-order valence-electron chi connectivity index (χ4n) is 4.42. The molecule has 0 unspecified atom stereocenters. The lowest BCUT2D eigenvalue weighted by Crippen LogP contribution is -2.58. The van der Waals surface area contributed by atoms with Gasteiger partial charge < -0.3 is 14.5 Å². The molecule has 0 bridgehead atoms. The quantitative estimate of drug-likeness (QED) is 0.757. The van der Waals surface area contributed by atoms with Crippen LogP contribution in [0.2, 0.25) is 0 Å². The summed E-state index contributed by atoms with van der Waals surface area (Å²) in [6.07, 6.45) is 2.26. The molecule has 27 heavy (non-hydrogen) atoms. The van der Waals surface area contributed by atoms with Gasteiger partial charge >= 0.3 is 6.03 Å². The third-order valence-corrected chi connectivity index (χ3v) is 6.03. The summed E-state index contributed by atoms with van der Waals surface area (Å²) in [5.41, 5.74) is 0.140. The van der Waals surface area contributed by atoms with Gasteiger partial charge in [-0.15, -0.1) is 0 Å². The van der Waals surface area contributed by atoms with Crippen LogP contribution in [0, 0.1) is 0 Å². The molecular weight excluding hydrogens is 346 g/mol. The molecule has 0 N–H and O–H groups in total. The molecule has 3 aliphatic rings. The molecule has 1 spiro atoms. The standard InChI is InChI=1S/C20H25N3O4/c1-21-18(25)20(23(19(21)26)14-15-6-3-2-4-7-15)9-11-22(12-10-20)17(24)16-8-5-13-27-16/h2-4,6-7,16H,5,8-14H2,1H3/t16-/m1/s1. The number of ether oxygens (including phenoxy) is 1. The number of likely N-dealkylation sites (N-methyl/N-ethyl adjacent to an activating group) is 1. The Morgan fingerprint density at radius 2 is 1.89 bits per heavy atom. The Morgan fingerprint density at radius 3 is 2.52 bits per heavy atom. The summed E-state index contributed by atoms with van der Waals surface area (Å²) in [5.74, 6) is -0.144. The first-order valence-electron chi connectivity index (χ1n) is 9.57. The lowest BCUT2D eigenvalue weighted by atomic mass is 9.85. The highest BCUT2D eigenvalue weighted by Crippen LogP contribution is 2.38. The van der Waals surface area contributed by atoms with Crippen LogP contribution in [0.1, 0.15) is 31.2 Å². The Labute approximate surface area is 158 Å². The van der Waals surface area contributed by atoms with Crippen LogP contribution in [0.4, 0.5) is 4.79 Å². The van der Waals surface area contributed by atoms with Crippen molar-refractivity contribution in [2.24, 2.45) is 0 Å². The molecule has 1 aromatic carbocycles. The number of carbonyl (C=O) groups is 3. The van der Waals surface area contributed by atoms with Crippen molar-refractivity contribution in [1.29, 1.82) is 0 Å². The third-order valence-electron chi connectivity index (χ3n) is 6.03. The average Bonchev–Trinajstić information content (AvgIpc) is 3.30. The topological polar surface area (TPSA) is 70.2 Å². The number of benzene rings is 1. The van der Waals surface area contributed by atoms with Crippen LogP contribution in [0.5, 0.6) is 0 Å². The van der Waals surface area contributed by atoms with Gasteiger partial charge in [-0.25, -0.2) is 4.79 Å². The molecule has 4 amide bonds. The summed E-state index contributed by atoms with van der Waals surface area (Å²) in [7, 11) is 1.54. The second kappa shape index (κ2) is 6.96. The molecule has 1 aromatic rings. The van der Waals surface area contributed by atoms with Gasteiger partial charge in [0.05, 0.1) is 0 Å². The number of nitrogens with zero attached hydrogens (tertiary/aromatic N) is 3. The van der Waals surface area contributed by atoms with Crippen LogP contribution in [0.15, 0.2) is 30.3 Å². The van der Waals surface area contributed by atoms with Crippen molar-refractivity contribution < 1.29 is 19.1 Å². The summed E-state index contributed by atoms with van der Waals surface area (Å²) in [4.78, 5) is 43.0. The summed E-state index contributed by atoms with van der Waals surface area (Å²) in [5, 5.41) is 0. The maximum absolute atomic E-state index is 13.0. The molecule has 3 aliphatic heterocycles. The number of hydrogen-bond acceptors (Lipinski definition) is 4. The zero-order valence-electron chi connectivity index (χ0n) is 15.6. The first-order valence-corrected chi connectivity index (χ1v) is 9.57. The molecule has 0 aliphatic carbocycles. The molecule has 0 aromatic heterocycles. The molecule has 4 rings (SSSR count). The predicted molar refractivity (Wildman–Crippen MR) is 97.7 cm³/mol. The van der Waals surface area contributed by atoms with E-state index in [0.717, 1.165) is 18.4 Å². The summed E-state index contributed by atoms with van der Waals surface area (Å²) >= 11 is 0. The summed E-state index contributed by atoms with van der Waals surface area (Å²) < 4.78 is 5.51. The largest absolute Gasteiger partial charge is 0.368 e. The number of rotatable bonds is 3. The van der Waals surface area contributed by atoms with Crippen LogP contribution >= 0.6 is 0 Å². The van der Waals surface area contributed by atoms with Crippen molar-refractivity contribution in [3.05, 3.63) is 35.9 Å². The SMILES string of the molecule is CN1C(=O)N(Cc2ccccc2)C2(CCN(C(=O)[C@H]3CCCO3)CC2)C1=O. The van der Waals surface area contributed by atoms with E-state index < -0.39 is 5.54 Å². The minimum absolute atomic E-state index is 0.0158. The smallest absolute Gasteiger partial charge is 0.327 e. The fraction of sp³-hybridized carbons (Fsp3) is 0.550. The van der Waals surface area contributed by atoms with Crippen molar-refractivity contribution in [2.45, 2.75) is 43.9 Å². The Hall–Kier alpha value is -2.41. The number of urea groups is 1. The minimum atomic E-state index is -0.852. The van der Waals surface area contributed by atoms with Crippen molar-refractivity contribution >= 4 is 17.8 Å². The minimum Gasteiger partial charge on any atom is -0.368 e. The van der Waals surface area contributed by atoms with E-state index in [2.05, 4.69) is 0 Å². The van der Waals surface area contributed by atoms with E-state index in [1.54, 1.807) is 16.8 Å². The van der Waals surface area contributed by atoms with Gasteiger partial charge in [-0.05, 0) is 31.2 Å². The van der Waals surface area contributed by atoms with Gasteiger partial charge in [0.1, 0.15) is 11.6 Å². The van der Waals surface area contributed by atoms with Crippen molar-refractivity contribution in [2.75, 3.05) is 26.7 Å². The molecule has 7 heteroatoms. The average molecular weight is 371 g/mol. The van der Waals surface area contributed by atoms with Crippen LogP contribution in [0.3, 0.4) is 0 Å². The highest BCUT2D eigenvalue weighted by molar-refractivity contribution is 6.06. The van der Waals surface area contributed by atoms with Crippen LogP contribution in [-0.2, 0) is 20.9 Å².